The second-order valence-corrected chi connectivity index (χ2v) is 6.59. The predicted octanol–water partition coefficient (Wildman–Crippen LogP) is 4.45. The molecule has 1 amide bonds. The Morgan fingerprint density at radius 2 is 1.65 bits per heavy atom. The van der Waals surface area contributed by atoms with Gasteiger partial charge in [-0.3, -0.25) is 4.79 Å². The summed E-state index contributed by atoms with van der Waals surface area (Å²) in [5, 5.41) is 3.04. The molecule has 0 radical (unpaired) electrons. The van der Waals surface area contributed by atoms with Crippen molar-refractivity contribution in [3.63, 3.8) is 0 Å². The standard InChI is InChI=1S/C20H23NO2/c1-14(2)23-18-10-8-17(9-11-18)21-19(22)20(12-13-20)16-6-4-15(3)5-7-16/h4-11,14H,12-13H2,1-3H3,(H,21,22). The van der Waals surface area contributed by atoms with E-state index in [1.54, 1.807) is 0 Å². The normalized spacial score (nSPS) is 15.3. The highest BCUT2D eigenvalue weighted by molar-refractivity contribution is 6.01. The third kappa shape index (κ3) is 3.39. The zero-order valence-corrected chi connectivity index (χ0v) is 13.9. The summed E-state index contributed by atoms with van der Waals surface area (Å²) in [6, 6.07) is 15.8. The van der Waals surface area contributed by atoms with Crippen molar-refractivity contribution in [1.82, 2.24) is 0 Å². The third-order valence-corrected chi connectivity index (χ3v) is 4.27. The van der Waals surface area contributed by atoms with Crippen molar-refractivity contribution in [2.24, 2.45) is 0 Å². The van der Waals surface area contributed by atoms with Gasteiger partial charge in [0.05, 0.1) is 11.5 Å². The largest absolute Gasteiger partial charge is 0.491 e. The van der Waals surface area contributed by atoms with Gasteiger partial charge >= 0.3 is 0 Å². The van der Waals surface area contributed by atoms with Crippen LogP contribution in [0.4, 0.5) is 5.69 Å². The van der Waals surface area contributed by atoms with Gasteiger partial charge in [-0.2, -0.15) is 0 Å². The van der Waals surface area contributed by atoms with Crippen LogP contribution in [0.25, 0.3) is 0 Å². The number of hydrogen-bond donors (Lipinski definition) is 1. The van der Waals surface area contributed by atoms with Gasteiger partial charge < -0.3 is 10.1 Å². The first-order valence-electron chi connectivity index (χ1n) is 8.15. The van der Waals surface area contributed by atoms with Gasteiger partial charge in [-0.05, 0) is 63.4 Å². The molecule has 3 rings (SSSR count). The van der Waals surface area contributed by atoms with Gasteiger partial charge in [0.2, 0.25) is 5.91 Å². The fourth-order valence-corrected chi connectivity index (χ4v) is 2.78. The second kappa shape index (κ2) is 6.07. The lowest BCUT2D eigenvalue weighted by atomic mass is 9.94. The lowest BCUT2D eigenvalue weighted by molar-refractivity contribution is -0.118. The zero-order chi connectivity index (χ0) is 16.4. The number of nitrogens with one attached hydrogen (secondary N) is 1. The minimum absolute atomic E-state index is 0.0823. The van der Waals surface area contributed by atoms with Gasteiger partial charge in [0.15, 0.2) is 0 Å². The van der Waals surface area contributed by atoms with Crippen LogP contribution in [0.5, 0.6) is 5.75 Å². The Morgan fingerprint density at radius 3 is 2.17 bits per heavy atom. The van der Waals surface area contributed by atoms with Gasteiger partial charge in [0, 0.05) is 5.69 Å². The molecule has 1 aliphatic carbocycles. The molecule has 1 fully saturated rings. The number of carbonyl (C=O) groups is 1. The van der Waals surface area contributed by atoms with Gasteiger partial charge in [-0.25, -0.2) is 0 Å². The molecule has 1 saturated carbocycles. The zero-order valence-electron chi connectivity index (χ0n) is 13.9. The molecule has 3 nitrogen and oxygen atoms in total. The molecule has 0 heterocycles. The monoisotopic (exact) mass is 309 g/mol. The van der Waals surface area contributed by atoms with Crippen molar-refractivity contribution in [2.45, 2.75) is 45.1 Å². The van der Waals surface area contributed by atoms with E-state index in [0.29, 0.717) is 0 Å². The lowest BCUT2D eigenvalue weighted by Gasteiger charge is -2.16. The quantitative estimate of drug-likeness (QED) is 0.886. The molecular formula is C20H23NO2. The molecule has 1 N–H and O–H groups in total. The first kappa shape index (κ1) is 15.6. The van der Waals surface area contributed by atoms with E-state index in [9.17, 15) is 4.79 Å². The average molecular weight is 309 g/mol. The number of amides is 1. The Labute approximate surface area is 137 Å². The van der Waals surface area contributed by atoms with Crippen LogP contribution in [0.2, 0.25) is 0 Å². The van der Waals surface area contributed by atoms with Gasteiger partial charge in [0.1, 0.15) is 5.75 Å². The summed E-state index contributed by atoms with van der Waals surface area (Å²) in [6.07, 6.45) is 1.97. The second-order valence-electron chi connectivity index (χ2n) is 6.59. The summed E-state index contributed by atoms with van der Waals surface area (Å²) in [5.41, 5.74) is 2.79. The number of carbonyl (C=O) groups excluding carboxylic acids is 1. The number of hydrogen-bond acceptors (Lipinski definition) is 2. The van der Waals surface area contributed by atoms with E-state index in [1.165, 1.54) is 5.56 Å². The SMILES string of the molecule is Cc1ccc(C2(C(=O)Nc3ccc(OC(C)C)cc3)CC2)cc1. The van der Waals surface area contributed by atoms with Crippen molar-refractivity contribution >= 4 is 11.6 Å². The van der Waals surface area contributed by atoms with E-state index in [1.807, 2.05) is 38.1 Å². The molecule has 0 atom stereocenters. The highest BCUT2D eigenvalue weighted by Gasteiger charge is 2.51. The molecule has 0 saturated heterocycles. The Morgan fingerprint density at radius 1 is 1.04 bits per heavy atom. The first-order chi connectivity index (χ1) is 11.0. The summed E-state index contributed by atoms with van der Waals surface area (Å²) < 4.78 is 5.62. The van der Waals surface area contributed by atoms with Crippen molar-refractivity contribution in [2.75, 3.05) is 5.32 Å². The van der Waals surface area contributed by atoms with Crippen molar-refractivity contribution in [3.8, 4) is 5.75 Å². The highest BCUT2D eigenvalue weighted by Crippen LogP contribution is 2.49. The summed E-state index contributed by atoms with van der Waals surface area (Å²) in [6.45, 7) is 6.05. The molecule has 120 valence electrons. The van der Waals surface area contributed by atoms with E-state index in [0.717, 1.165) is 29.8 Å². The summed E-state index contributed by atoms with van der Waals surface area (Å²) in [5.74, 6) is 0.900. The van der Waals surface area contributed by atoms with Gasteiger partial charge in [-0.15, -0.1) is 0 Å². The first-order valence-corrected chi connectivity index (χ1v) is 8.15. The van der Waals surface area contributed by atoms with Crippen LogP contribution >= 0.6 is 0 Å². The Bertz CT molecular complexity index is 683. The molecule has 0 unspecified atom stereocenters. The van der Waals surface area contributed by atoms with Crippen LogP contribution in [0.3, 0.4) is 0 Å². The summed E-state index contributed by atoms with van der Waals surface area (Å²) >= 11 is 0. The molecule has 0 aliphatic heterocycles. The fourth-order valence-electron chi connectivity index (χ4n) is 2.78. The average Bonchev–Trinajstić information content (AvgIpc) is 3.31. The molecule has 0 aromatic heterocycles. The maximum Gasteiger partial charge on any atom is 0.235 e. The maximum atomic E-state index is 12.7. The summed E-state index contributed by atoms with van der Waals surface area (Å²) in [7, 11) is 0. The molecule has 1 aliphatic rings. The number of anilines is 1. The molecule has 23 heavy (non-hydrogen) atoms. The van der Waals surface area contributed by atoms with Crippen molar-refractivity contribution in [3.05, 3.63) is 59.7 Å². The number of ether oxygens (including phenoxy) is 1. The molecule has 2 aromatic carbocycles. The minimum Gasteiger partial charge on any atom is -0.491 e. The predicted molar refractivity (Wildman–Crippen MR) is 92.9 cm³/mol. The van der Waals surface area contributed by atoms with E-state index in [-0.39, 0.29) is 17.4 Å². The Hall–Kier alpha value is -2.29. The van der Waals surface area contributed by atoms with Crippen LogP contribution in [0, 0.1) is 6.92 Å². The van der Waals surface area contributed by atoms with Crippen LogP contribution in [0.1, 0.15) is 37.8 Å². The third-order valence-electron chi connectivity index (χ3n) is 4.27. The molecule has 0 spiro atoms. The Kier molecular flexibility index (Phi) is 4.12. The number of rotatable bonds is 5. The fraction of sp³-hybridized carbons (Fsp3) is 0.350. The van der Waals surface area contributed by atoms with Gasteiger partial charge in [-0.1, -0.05) is 29.8 Å². The van der Waals surface area contributed by atoms with Crippen LogP contribution in [0.15, 0.2) is 48.5 Å². The molecule has 2 aromatic rings. The van der Waals surface area contributed by atoms with E-state index < -0.39 is 0 Å². The lowest BCUT2D eigenvalue weighted by Crippen LogP contribution is -2.27. The van der Waals surface area contributed by atoms with Crippen LogP contribution in [-0.4, -0.2) is 12.0 Å². The highest BCUT2D eigenvalue weighted by atomic mass is 16.5. The van der Waals surface area contributed by atoms with Gasteiger partial charge in [0.25, 0.3) is 0 Å². The number of aryl methyl sites for hydroxylation is 1. The molecule has 0 bridgehead atoms. The van der Waals surface area contributed by atoms with E-state index in [4.69, 9.17) is 4.74 Å². The smallest absolute Gasteiger partial charge is 0.235 e. The van der Waals surface area contributed by atoms with E-state index >= 15 is 0 Å². The van der Waals surface area contributed by atoms with Crippen molar-refractivity contribution in [1.29, 1.82) is 0 Å². The number of benzene rings is 2. The summed E-state index contributed by atoms with van der Waals surface area (Å²) in [4.78, 5) is 12.7. The Balaban J connectivity index is 1.70. The van der Waals surface area contributed by atoms with Crippen LogP contribution < -0.4 is 10.1 Å². The molecule has 3 heteroatoms. The molecular weight excluding hydrogens is 286 g/mol. The van der Waals surface area contributed by atoms with E-state index in [2.05, 4.69) is 36.5 Å². The topological polar surface area (TPSA) is 38.3 Å². The van der Waals surface area contributed by atoms with Crippen LogP contribution in [-0.2, 0) is 10.2 Å². The van der Waals surface area contributed by atoms with Crippen molar-refractivity contribution < 1.29 is 9.53 Å². The minimum atomic E-state index is -0.346. The maximum absolute atomic E-state index is 12.7.